The summed E-state index contributed by atoms with van der Waals surface area (Å²) in [5.74, 6) is -0.857. The van der Waals surface area contributed by atoms with Crippen LogP contribution in [0.5, 0.6) is 0 Å². The number of carboxylic acid groups (broad SMARTS) is 1. The predicted octanol–water partition coefficient (Wildman–Crippen LogP) is 1.90. The highest BCUT2D eigenvalue weighted by atomic mass is 16.4. The van der Waals surface area contributed by atoms with Gasteiger partial charge in [-0.15, -0.1) is 6.58 Å². The molecule has 1 N–H and O–H groups in total. The lowest BCUT2D eigenvalue weighted by Gasteiger charge is -2.19. The highest BCUT2D eigenvalue weighted by Crippen LogP contribution is 2.23. The van der Waals surface area contributed by atoms with E-state index < -0.39 is 11.4 Å². The molecule has 1 rings (SSSR count). The Hall–Kier alpha value is -1.64. The van der Waals surface area contributed by atoms with Crippen LogP contribution in [0.2, 0.25) is 0 Å². The van der Waals surface area contributed by atoms with Crippen LogP contribution in [0, 0.1) is 5.41 Å². The first-order valence-corrected chi connectivity index (χ1v) is 4.34. The molecule has 1 aromatic heterocycles. The fourth-order valence-electron chi connectivity index (χ4n) is 1.16. The van der Waals surface area contributed by atoms with E-state index in [1.807, 2.05) is 12.1 Å². The molecule has 0 aromatic carbocycles. The Morgan fingerprint density at radius 2 is 2.21 bits per heavy atom. The average Bonchev–Trinajstić information content (AvgIpc) is 2.19. The molecule has 0 saturated heterocycles. The van der Waals surface area contributed by atoms with Crippen molar-refractivity contribution >= 4 is 5.97 Å². The maximum Gasteiger partial charge on any atom is 0.313 e. The first-order valence-electron chi connectivity index (χ1n) is 4.34. The maximum atomic E-state index is 11.0. The molecule has 0 amide bonds. The van der Waals surface area contributed by atoms with E-state index in [-0.39, 0.29) is 0 Å². The van der Waals surface area contributed by atoms with Crippen molar-refractivity contribution in [3.63, 3.8) is 0 Å². The molecule has 1 heterocycles. The fraction of sp³-hybridized carbons (Fsp3) is 0.273. The summed E-state index contributed by atoms with van der Waals surface area (Å²) in [4.78, 5) is 14.8. The van der Waals surface area contributed by atoms with Crippen LogP contribution in [-0.2, 0) is 11.2 Å². The van der Waals surface area contributed by atoms with Crippen LogP contribution in [0.4, 0.5) is 0 Å². The topological polar surface area (TPSA) is 50.2 Å². The van der Waals surface area contributed by atoms with Crippen molar-refractivity contribution in [3.8, 4) is 0 Å². The largest absolute Gasteiger partial charge is 0.481 e. The zero-order valence-electron chi connectivity index (χ0n) is 8.10. The van der Waals surface area contributed by atoms with Crippen molar-refractivity contribution in [2.75, 3.05) is 0 Å². The quantitative estimate of drug-likeness (QED) is 0.739. The van der Waals surface area contributed by atoms with Gasteiger partial charge in [0.25, 0.3) is 0 Å². The lowest BCUT2D eigenvalue weighted by molar-refractivity contribution is -0.145. The van der Waals surface area contributed by atoms with E-state index in [0.717, 1.165) is 5.56 Å². The second-order valence-corrected chi connectivity index (χ2v) is 3.46. The van der Waals surface area contributed by atoms with Gasteiger partial charge in [0, 0.05) is 12.4 Å². The van der Waals surface area contributed by atoms with E-state index >= 15 is 0 Å². The summed E-state index contributed by atoms with van der Waals surface area (Å²) < 4.78 is 0. The van der Waals surface area contributed by atoms with Crippen molar-refractivity contribution in [3.05, 3.63) is 42.7 Å². The fourth-order valence-corrected chi connectivity index (χ4v) is 1.16. The molecule has 0 aliphatic rings. The summed E-state index contributed by atoms with van der Waals surface area (Å²) in [7, 11) is 0. The summed E-state index contributed by atoms with van der Waals surface area (Å²) in [5, 5.41) is 9.01. The Balaban J connectivity index is 2.86. The second-order valence-electron chi connectivity index (χ2n) is 3.46. The van der Waals surface area contributed by atoms with Crippen LogP contribution in [0.25, 0.3) is 0 Å². The molecule has 0 bridgehead atoms. The van der Waals surface area contributed by atoms with Gasteiger partial charge >= 0.3 is 5.97 Å². The van der Waals surface area contributed by atoms with Gasteiger partial charge in [-0.1, -0.05) is 6.08 Å². The van der Waals surface area contributed by atoms with Crippen molar-refractivity contribution < 1.29 is 9.90 Å². The first-order chi connectivity index (χ1) is 6.58. The van der Waals surface area contributed by atoms with Gasteiger partial charge in [-0.2, -0.15) is 0 Å². The molecule has 1 aromatic rings. The standard InChI is InChI=1S/C11H13NO2/c1-3-11(2,10(13)14)8-9-4-6-12-7-5-9/h3-7H,1,8H2,2H3,(H,13,14). The van der Waals surface area contributed by atoms with E-state index in [0.29, 0.717) is 6.42 Å². The van der Waals surface area contributed by atoms with Crippen LogP contribution in [0.3, 0.4) is 0 Å². The molecule has 0 fully saturated rings. The molecular formula is C11H13NO2. The third-order valence-corrected chi connectivity index (χ3v) is 2.26. The Morgan fingerprint density at radius 1 is 1.64 bits per heavy atom. The third kappa shape index (κ3) is 2.19. The van der Waals surface area contributed by atoms with Gasteiger partial charge in [-0.05, 0) is 31.0 Å². The summed E-state index contributed by atoms with van der Waals surface area (Å²) in [6.07, 6.45) is 5.21. The van der Waals surface area contributed by atoms with Crippen LogP contribution in [0.1, 0.15) is 12.5 Å². The molecular weight excluding hydrogens is 178 g/mol. The minimum absolute atomic E-state index is 0.439. The Morgan fingerprint density at radius 3 is 2.64 bits per heavy atom. The highest BCUT2D eigenvalue weighted by molar-refractivity contribution is 5.76. The molecule has 0 aliphatic carbocycles. The molecule has 1 unspecified atom stereocenters. The van der Waals surface area contributed by atoms with E-state index in [9.17, 15) is 4.79 Å². The molecule has 1 atom stereocenters. The number of nitrogens with zero attached hydrogens (tertiary/aromatic N) is 1. The van der Waals surface area contributed by atoms with Crippen LogP contribution in [0.15, 0.2) is 37.2 Å². The van der Waals surface area contributed by atoms with E-state index in [1.165, 1.54) is 6.08 Å². The summed E-state index contributed by atoms with van der Waals surface area (Å²) in [6.45, 7) is 5.21. The number of carbonyl (C=O) groups is 1. The zero-order valence-corrected chi connectivity index (χ0v) is 8.10. The molecule has 0 saturated carbocycles. The van der Waals surface area contributed by atoms with Gasteiger partial charge in [-0.3, -0.25) is 9.78 Å². The smallest absolute Gasteiger partial charge is 0.313 e. The van der Waals surface area contributed by atoms with Gasteiger partial charge < -0.3 is 5.11 Å². The molecule has 0 radical (unpaired) electrons. The molecule has 3 heteroatoms. The molecule has 3 nitrogen and oxygen atoms in total. The Bertz CT molecular complexity index is 334. The predicted molar refractivity (Wildman–Crippen MR) is 53.9 cm³/mol. The molecule has 0 aliphatic heterocycles. The maximum absolute atomic E-state index is 11.0. The summed E-state index contributed by atoms with van der Waals surface area (Å²) in [6, 6.07) is 3.62. The molecule has 14 heavy (non-hydrogen) atoms. The lowest BCUT2D eigenvalue weighted by atomic mass is 9.84. The second kappa shape index (κ2) is 4.05. The van der Waals surface area contributed by atoms with Crippen LogP contribution in [-0.4, -0.2) is 16.1 Å². The minimum Gasteiger partial charge on any atom is -0.481 e. The summed E-state index contributed by atoms with van der Waals surface area (Å²) >= 11 is 0. The van der Waals surface area contributed by atoms with Crippen molar-refractivity contribution in [1.29, 1.82) is 0 Å². The average molecular weight is 191 g/mol. The van der Waals surface area contributed by atoms with Gasteiger partial charge in [0.1, 0.15) is 0 Å². The van der Waals surface area contributed by atoms with Crippen molar-refractivity contribution in [2.45, 2.75) is 13.3 Å². The Kier molecular flexibility index (Phi) is 3.02. The monoisotopic (exact) mass is 191 g/mol. The Labute approximate surface area is 83.1 Å². The minimum atomic E-state index is -0.901. The number of rotatable bonds is 4. The van der Waals surface area contributed by atoms with Gasteiger partial charge in [0.15, 0.2) is 0 Å². The number of aromatic nitrogens is 1. The first kappa shape index (κ1) is 10.4. The zero-order chi connectivity index (χ0) is 10.6. The van der Waals surface area contributed by atoms with Crippen molar-refractivity contribution in [1.82, 2.24) is 4.98 Å². The lowest BCUT2D eigenvalue weighted by Crippen LogP contribution is -2.27. The molecule has 74 valence electrons. The van der Waals surface area contributed by atoms with Gasteiger partial charge in [0.05, 0.1) is 5.41 Å². The highest BCUT2D eigenvalue weighted by Gasteiger charge is 2.29. The van der Waals surface area contributed by atoms with Gasteiger partial charge in [0.2, 0.25) is 0 Å². The number of hydrogen-bond acceptors (Lipinski definition) is 2. The third-order valence-electron chi connectivity index (χ3n) is 2.26. The number of aliphatic carboxylic acids is 1. The molecule has 0 spiro atoms. The number of pyridine rings is 1. The SMILES string of the molecule is C=CC(C)(Cc1ccncc1)C(=O)O. The van der Waals surface area contributed by atoms with Crippen molar-refractivity contribution in [2.24, 2.45) is 5.41 Å². The van der Waals surface area contributed by atoms with E-state index in [1.54, 1.807) is 19.3 Å². The van der Waals surface area contributed by atoms with E-state index in [2.05, 4.69) is 11.6 Å². The number of carboxylic acids is 1. The summed E-state index contributed by atoms with van der Waals surface area (Å²) in [5.41, 5.74) is 0.0475. The van der Waals surface area contributed by atoms with E-state index in [4.69, 9.17) is 5.11 Å². The normalized spacial score (nSPS) is 14.4. The number of hydrogen-bond donors (Lipinski definition) is 1. The van der Waals surface area contributed by atoms with Crippen LogP contribution >= 0.6 is 0 Å². The van der Waals surface area contributed by atoms with Gasteiger partial charge in [-0.25, -0.2) is 0 Å². The van der Waals surface area contributed by atoms with Crippen LogP contribution < -0.4 is 0 Å².